The minimum absolute atomic E-state index is 0.179. The van der Waals surface area contributed by atoms with Gasteiger partial charge in [0.1, 0.15) is 23.3 Å². The Balaban J connectivity index is 1.64. The van der Waals surface area contributed by atoms with Crippen LogP contribution in [-0.4, -0.2) is 42.5 Å². The summed E-state index contributed by atoms with van der Waals surface area (Å²) in [6.45, 7) is 3.25. The molecule has 2 atom stereocenters. The van der Waals surface area contributed by atoms with Gasteiger partial charge >= 0.3 is 5.97 Å². The van der Waals surface area contributed by atoms with Crippen molar-refractivity contribution in [2.75, 3.05) is 13.7 Å². The van der Waals surface area contributed by atoms with Gasteiger partial charge < -0.3 is 24.6 Å². The average Bonchev–Trinajstić information content (AvgIpc) is 3.10. The van der Waals surface area contributed by atoms with Crippen molar-refractivity contribution in [1.82, 2.24) is 5.32 Å². The van der Waals surface area contributed by atoms with Crippen LogP contribution >= 0.6 is 0 Å². The van der Waals surface area contributed by atoms with Crippen LogP contribution in [0.25, 0.3) is 6.08 Å². The molecule has 1 amide bonds. The van der Waals surface area contributed by atoms with E-state index in [4.69, 9.17) is 14.2 Å². The van der Waals surface area contributed by atoms with Crippen molar-refractivity contribution < 1.29 is 33.7 Å². The fourth-order valence-corrected chi connectivity index (χ4v) is 3.16. The molecule has 3 rings (SSSR count). The number of carboxylic acid groups (broad SMARTS) is 1. The molecular formula is C24H25NO7. The third-order valence-corrected chi connectivity index (χ3v) is 5.22. The second kappa shape index (κ2) is 10.00. The zero-order valence-corrected chi connectivity index (χ0v) is 18.1. The molecule has 0 bridgehead atoms. The summed E-state index contributed by atoms with van der Waals surface area (Å²) in [6, 6.07) is 10.9. The summed E-state index contributed by atoms with van der Waals surface area (Å²) in [5, 5.41) is 11.8. The molecule has 0 unspecified atom stereocenters. The van der Waals surface area contributed by atoms with Gasteiger partial charge in [-0.25, -0.2) is 4.79 Å². The highest BCUT2D eigenvalue weighted by Crippen LogP contribution is 2.35. The zero-order valence-electron chi connectivity index (χ0n) is 18.1. The number of carbonyl (C=O) groups excluding carboxylic acids is 2. The van der Waals surface area contributed by atoms with E-state index in [0.29, 0.717) is 29.2 Å². The summed E-state index contributed by atoms with van der Waals surface area (Å²) in [4.78, 5) is 36.1. The van der Waals surface area contributed by atoms with E-state index in [9.17, 15) is 19.5 Å². The first-order valence-electron chi connectivity index (χ1n) is 10.2. The highest BCUT2D eigenvalue weighted by molar-refractivity contribution is 6.14. The Bertz CT molecular complexity index is 1040. The molecule has 0 spiro atoms. The Labute approximate surface area is 185 Å². The van der Waals surface area contributed by atoms with Gasteiger partial charge in [0.25, 0.3) is 5.91 Å². The molecule has 2 aromatic rings. The Hall–Kier alpha value is -3.81. The molecule has 1 heterocycles. The second-order valence-corrected chi connectivity index (χ2v) is 7.43. The number of hydrogen-bond acceptors (Lipinski definition) is 6. The lowest BCUT2D eigenvalue weighted by Gasteiger charge is -2.20. The van der Waals surface area contributed by atoms with Crippen LogP contribution in [0.4, 0.5) is 0 Å². The molecule has 8 heteroatoms. The standard InChI is InChI=1S/C24H25NO7/c1-4-14(2)22(24(28)29)25-21(26)13-31-17-9-10-18-19(12-17)32-20(23(18)27)11-15-5-7-16(30-3)8-6-15/h5-12,14,22H,4,13H2,1-3H3,(H,25,26)(H,28,29)/t14-,22-/m0/s1. The number of rotatable bonds is 9. The van der Waals surface area contributed by atoms with Gasteiger partial charge in [-0.2, -0.15) is 0 Å². The highest BCUT2D eigenvalue weighted by Gasteiger charge is 2.28. The van der Waals surface area contributed by atoms with Crippen LogP contribution in [0.1, 0.15) is 36.2 Å². The van der Waals surface area contributed by atoms with Crippen LogP contribution in [0.15, 0.2) is 48.2 Å². The van der Waals surface area contributed by atoms with Crippen LogP contribution in [0, 0.1) is 5.92 Å². The minimum atomic E-state index is -1.09. The second-order valence-electron chi connectivity index (χ2n) is 7.43. The molecule has 168 valence electrons. The summed E-state index contributed by atoms with van der Waals surface area (Å²) >= 11 is 0. The van der Waals surface area contributed by atoms with E-state index in [1.54, 1.807) is 44.4 Å². The van der Waals surface area contributed by atoms with Crippen molar-refractivity contribution in [1.29, 1.82) is 0 Å². The minimum Gasteiger partial charge on any atom is -0.497 e. The molecule has 0 saturated heterocycles. The number of benzene rings is 2. The van der Waals surface area contributed by atoms with E-state index in [2.05, 4.69) is 5.32 Å². The molecule has 1 aliphatic heterocycles. The highest BCUT2D eigenvalue weighted by atomic mass is 16.5. The van der Waals surface area contributed by atoms with Crippen LogP contribution in [0.5, 0.6) is 17.2 Å². The molecule has 0 saturated carbocycles. The Morgan fingerprint density at radius 3 is 2.47 bits per heavy atom. The lowest BCUT2D eigenvalue weighted by molar-refractivity contribution is -0.143. The predicted molar refractivity (Wildman–Crippen MR) is 117 cm³/mol. The lowest BCUT2D eigenvalue weighted by Crippen LogP contribution is -2.46. The quantitative estimate of drug-likeness (QED) is 0.577. The van der Waals surface area contributed by atoms with Crippen molar-refractivity contribution in [3.63, 3.8) is 0 Å². The molecule has 8 nitrogen and oxygen atoms in total. The van der Waals surface area contributed by atoms with Gasteiger partial charge in [-0.1, -0.05) is 32.4 Å². The van der Waals surface area contributed by atoms with Crippen LogP contribution in [0.3, 0.4) is 0 Å². The summed E-state index contributed by atoms with van der Waals surface area (Å²) in [5.41, 5.74) is 1.17. The maximum Gasteiger partial charge on any atom is 0.326 e. The Morgan fingerprint density at radius 2 is 1.84 bits per heavy atom. The topological polar surface area (TPSA) is 111 Å². The number of hydrogen-bond donors (Lipinski definition) is 2. The number of amides is 1. The smallest absolute Gasteiger partial charge is 0.326 e. The van der Waals surface area contributed by atoms with Crippen LogP contribution < -0.4 is 19.5 Å². The Morgan fingerprint density at radius 1 is 1.16 bits per heavy atom. The van der Waals surface area contributed by atoms with Crippen LogP contribution in [0.2, 0.25) is 0 Å². The molecular weight excluding hydrogens is 414 g/mol. The fraction of sp³-hybridized carbons (Fsp3) is 0.292. The van der Waals surface area contributed by atoms with Gasteiger partial charge in [0, 0.05) is 6.07 Å². The SMILES string of the molecule is CC[C@H](C)[C@H](NC(=O)COc1ccc2c(c1)OC(=Cc1ccc(OC)cc1)C2=O)C(=O)O. The summed E-state index contributed by atoms with van der Waals surface area (Å²) in [7, 11) is 1.58. The number of ether oxygens (including phenoxy) is 3. The maximum atomic E-state index is 12.6. The van der Waals surface area contributed by atoms with Gasteiger partial charge in [0.15, 0.2) is 12.4 Å². The molecule has 1 aliphatic rings. The third-order valence-electron chi connectivity index (χ3n) is 5.22. The Kier molecular flexibility index (Phi) is 7.14. The average molecular weight is 439 g/mol. The van der Waals surface area contributed by atoms with E-state index in [0.717, 1.165) is 5.56 Å². The number of allylic oxidation sites excluding steroid dienone is 1. The van der Waals surface area contributed by atoms with Gasteiger partial charge in [-0.05, 0) is 41.8 Å². The molecule has 0 aliphatic carbocycles. The van der Waals surface area contributed by atoms with E-state index >= 15 is 0 Å². The summed E-state index contributed by atoms with van der Waals surface area (Å²) in [6.07, 6.45) is 2.25. The fourth-order valence-electron chi connectivity index (χ4n) is 3.16. The number of carboxylic acids is 1. The molecule has 0 fully saturated rings. The number of Topliss-reactive ketones (excluding diaryl/α,β-unsaturated/α-hetero) is 1. The van der Waals surface area contributed by atoms with Crippen molar-refractivity contribution >= 4 is 23.7 Å². The number of nitrogens with one attached hydrogen (secondary N) is 1. The first-order valence-corrected chi connectivity index (χ1v) is 10.2. The van der Waals surface area contributed by atoms with Gasteiger partial charge in [0.2, 0.25) is 5.78 Å². The number of methoxy groups -OCH3 is 1. The number of aliphatic carboxylic acids is 1. The van der Waals surface area contributed by atoms with Gasteiger partial charge in [-0.3, -0.25) is 9.59 Å². The van der Waals surface area contributed by atoms with Crippen molar-refractivity contribution in [2.45, 2.75) is 26.3 Å². The lowest BCUT2D eigenvalue weighted by atomic mass is 9.99. The number of ketones is 1. The third kappa shape index (κ3) is 5.26. The first kappa shape index (κ1) is 22.9. The van der Waals surface area contributed by atoms with Crippen molar-refractivity contribution in [2.24, 2.45) is 5.92 Å². The molecule has 0 radical (unpaired) electrons. The summed E-state index contributed by atoms with van der Waals surface area (Å²) < 4.78 is 16.3. The van der Waals surface area contributed by atoms with Crippen molar-refractivity contribution in [3.05, 3.63) is 59.4 Å². The number of carbonyl (C=O) groups is 3. The molecule has 0 aromatic heterocycles. The van der Waals surface area contributed by atoms with E-state index in [1.807, 2.05) is 19.1 Å². The summed E-state index contributed by atoms with van der Waals surface area (Å²) in [5.74, 6) is -0.562. The van der Waals surface area contributed by atoms with E-state index in [1.165, 1.54) is 6.07 Å². The van der Waals surface area contributed by atoms with Crippen molar-refractivity contribution in [3.8, 4) is 17.2 Å². The van der Waals surface area contributed by atoms with Crippen LogP contribution in [-0.2, 0) is 9.59 Å². The largest absolute Gasteiger partial charge is 0.497 e. The predicted octanol–water partition coefficient (Wildman–Crippen LogP) is 3.31. The number of fused-ring (bicyclic) bond motifs is 1. The normalized spacial score (nSPS) is 15.5. The molecule has 2 N–H and O–H groups in total. The van der Waals surface area contributed by atoms with E-state index < -0.39 is 17.9 Å². The first-order chi connectivity index (χ1) is 15.3. The maximum absolute atomic E-state index is 12.6. The molecule has 32 heavy (non-hydrogen) atoms. The van der Waals surface area contributed by atoms with E-state index in [-0.39, 0.29) is 24.1 Å². The van der Waals surface area contributed by atoms with Gasteiger partial charge in [0.05, 0.1) is 12.7 Å². The van der Waals surface area contributed by atoms with Gasteiger partial charge in [-0.15, -0.1) is 0 Å². The zero-order chi connectivity index (χ0) is 23.3. The molecule has 2 aromatic carbocycles. The monoisotopic (exact) mass is 439 g/mol.